The second-order valence-electron chi connectivity index (χ2n) is 4.31. The van der Waals surface area contributed by atoms with Crippen molar-refractivity contribution >= 4 is 23.6 Å². The van der Waals surface area contributed by atoms with Gasteiger partial charge < -0.3 is 14.4 Å². The number of benzene rings is 1. The number of aldehydes is 1. The number of hydrogen-bond donors (Lipinski definition) is 0. The van der Waals surface area contributed by atoms with Crippen LogP contribution in [0.5, 0.6) is 0 Å². The van der Waals surface area contributed by atoms with Crippen LogP contribution in [0.1, 0.15) is 17.3 Å². The molecule has 0 aliphatic rings. The minimum absolute atomic E-state index is 0.139. The number of nitrogens with zero attached hydrogens (tertiary/aromatic N) is 1. The van der Waals surface area contributed by atoms with Crippen LogP contribution in [0, 0.1) is 0 Å². The van der Waals surface area contributed by atoms with E-state index in [0.717, 1.165) is 12.0 Å². The highest BCUT2D eigenvalue weighted by molar-refractivity contribution is 6.31. The van der Waals surface area contributed by atoms with Gasteiger partial charge >= 0.3 is 0 Å². The molecule has 0 radical (unpaired) electrons. The average molecular weight is 286 g/mol. The van der Waals surface area contributed by atoms with Crippen molar-refractivity contribution in [3.05, 3.63) is 28.8 Å². The van der Waals surface area contributed by atoms with Gasteiger partial charge in [0.2, 0.25) is 0 Å². The van der Waals surface area contributed by atoms with Crippen molar-refractivity contribution in [1.29, 1.82) is 0 Å². The highest BCUT2D eigenvalue weighted by Crippen LogP contribution is 2.24. The fourth-order valence-corrected chi connectivity index (χ4v) is 2.16. The van der Waals surface area contributed by atoms with Crippen molar-refractivity contribution in [3.8, 4) is 0 Å². The number of ether oxygens (including phenoxy) is 2. The molecule has 0 aliphatic heterocycles. The fourth-order valence-electron chi connectivity index (χ4n) is 1.98. The molecule has 4 nitrogen and oxygen atoms in total. The first-order chi connectivity index (χ1) is 9.13. The van der Waals surface area contributed by atoms with Crippen LogP contribution >= 0.6 is 11.6 Å². The predicted octanol–water partition coefficient (Wildman–Crippen LogP) is 2.64. The van der Waals surface area contributed by atoms with E-state index in [1.807, 2.05) is 13.0 Å². The second kappa shape index (κ2) is 8.15. The summed E-state index contributed by atoms with van der Waals surface area (Å²) in [4.78, 5) is 13.3. The van der Waals surface area contributed by atoms with E-state index in [1.54, 1.807) is 26.4 Å². The Morgan fingerprint density at radius 3 is 2.68 bits per heavy atom. The normalized spacial score (nSPS) is 12.2. The van der Waals surface area contributed by atoms with E-state index in [9.17, 15) is 4.79 Å². The van der Waals surface area contributed by atoms with Crippen molar-refractivity contribution in [1.82, 2.24) is 0 Å². The zero-order valence-corrected chi connectivity index (χ0v) is 12.3. The van der Waals surface area contributed by atoms with Gasteiger partial charge in [0, 0.05) is 43.1 Å². The molecular formula is C14H20ClNO3. The molecule has 1 atom stereocenters. The van der Waals surface area contributed by atoms with Crippen LogP contribution in [-0.2, 0) is 9.47 Å². The minimum Gasteiger partial charge on any atom is -0.383 e. The van der Waals surface area contributed by atoms with Gasteiger partial charge in [0.05, 0.1) is 13.2 Å². The Hall–Kier alpha value is -1.10. The highest BCUT2D eigenvalue weighted by atomic mass is 35.5. The molecule has 0 fully saturated rings. The summed E-state index contributed by atoms with van der Waals surface area (Å²) in [5.41, 5.74) is 1.42. The molecule has 1 rings (SSSR count). The van der Waals surface area contributed by atoms with Gasteiger partial charge in [-0.25, -0.2) is 0 Å². The molecule has 0 aliphatic carbocycles. The molecule has 1 unspecified atom stereocenters. The summed E-state index contributed by atoms with van der Waals surface area (Å²) in [5, 5.41) is 0.553. The van der Waals surface area contributed by atoms with Crippen LogP contribution in [-0.4, -0.2) is 46.3 Å². The van der Waals surface area contributed by atoms with Crippen molar-refractivity contribution < 1.29 is 14.3 Å². The first kappa shape index (κ1) is 16.0. The lowest BCUT2D eigenvalue weighted by Crippen LogP contribution is -2.39. The van der Waals surface area contributed by atoms with Gasteiger partial charge in [-0.05, 0) is 25.1 Å². The largest absolute Gasteiger partial charge is 0.383 e. The zero-order chi connectivity index (χ0) is 14.3. The van der Waals surface area contributed by atoms with Gasteiger partial charge in [0.15, 0.2) is 6.29 Å². The molecule has 0 saturated heterocycles. The molecule has 0 heterocycles. The molecule has 0 bridgehead atoms. The van der Waals surface area contributed by atoms with E-state index < -0.39 is 0 Å². The predicted molar refractivity (Wildman–Crippen MR) is 77.4 cm³/mol. The van der Waals surface area contributed by atoms with Crippen LogP contribution in [0.4, 0.5) is 5.69 Å². The topological polar surface area (TPSA) is 38.8 Å². The summed E-state index contributed by atoms with van der Waals surface area (Å²) in [6.45, 7) is 3.88. The van der Waals surface area contributed by atoms with E-state index in [-0.39, 0.29) is 6.04 Å². The molecule has 0 amide bonds. The summed E-state index contributed by atoms with van der Waals surface area (Å²) in [5.74, 6) is 0. The lowest BCUT2D eigenvalue weighted by atomic mass is 10.1. The molecule has 1 aromatic rings. The quantitative estimate of drug-likeness (QED) is 0.688. The number of rotatable bonds is 8. The Labute approximate surface area is 119 Å². The van der Waals surface area contributed by atoms with Gasteiger partial charge in [-0.2, -0.15) is 0 Å². The number of methoxy groups -OCH3 is 2. The Bertz CT molecular complexity index is 412. The van der Waals surface area contributed by atoms with E-state index in [2.05, 4.69) is 4.90 Å². The van der Waals surface area contributed by atoms with Crippen LogP contribution < -0.4 is 4.90 Å². The first-order valence-corrected chi connectivity index (χ1v) is 6.51. The second-order valence-corrected chi connectivity index (χ2v) is 4.75. The molecule has 0 N–H and O–H groups in total. The number of anilines is 1. The highest BCUT2D eigenvalue weighted by Gasteiger charge is 2.17. The lowest BCUT2D eigenvalue weighted by Gasteiger charge is -2.31. The van der Waals surface area contributed by atoms with Gasteiger partial charge in [-0.1, -0.05) is 11.6 Å². The first-order valence-electron chi connectivity index (χ1n) is 6.13. The lowest BCUT2D eigenvalue weighted by molar-refractivity contribution is 0.112. The Balaban J connectivity index is 3.04. The molecule has 1 aromatic carbocycles. The fraction of sp³-hybridized carbons (Fsp3) is 0.500. The van der Waals surface area contributed by atoms with Crippen LogP contribution in [0.2, 0.25) is 5.02 Å². The van der Waals surface area contributed by atoms with E-state index in [1.165, 1.54) is 0 Å². The summed E-state index contributed by atoms with van der Waals surface area (Å²) in [6, 6.07) is 5.44. The molecule has 0 aromatic heterocycles. The summed E-state index contributed by atoms with van der Waals surface area (Å²) >= 11 is 5.92. The maximum Gasteiger partial charge on any atom is 0.152 e. The molecule has 0 spiro atoms. The maximum atomic E-state index is 11.2. The average Bonchev–Trinajstić information content (AvgIpc) is 2.40. The Morgan fingerprint density at radius 1 is 1.37 bits per heavy atom. The maximum absolute atomic E-state index is 11.2. The van der Waals surface area contributed by atoms with Gasteiger partial charge in [0.25, 0.3) is 0 Å². The van der Waals surface area contributed by atoms with Crippen LogP contribution in [0.3, 0.4) is 0 Å². The smallest absolute Gasteiger partial charge is 0.152 e. The zero-order valence-electron chi connectivity index (χ0n) is 11.6. The summed E-state index contributed by atoms with van der Waals surface area (Å²) in [7, 11) is 3.31. The number of carbonyl (C=O) groups excluding carboxylic acids is 1. The molecular weight excluding hydrogens is 266 g/mol. The monoisotopic (exact) mass is 285 g/mol. The third-order valence-electron chi connectivity index (χ3n) is 2.90. The third-order valence-corrected chi connectivity index (χ3v) is 3.14. The summed E-state index contributed by atoms with van der Waals surface area (Å²) in [6.07, 6.45) is 0.820. The molecule has 19 heavy (non-hydrogen) atoms. The van der Waals surface area contributed by atoms with Gasteiger partial charge in [0.1, 0.15) is 0 Å². The number of carbonyl (C=O) groups is 1. The van der Waals surface area contributed by atoms with Crippen molar-refractivity contribution in [2.24, 2.45) is 0 Å². The Kier molecular flexibility index (Phi) is 6.84. The van der Waals surface area contributed by atoms with Crippen molar-refractivity contribution in [2.75, 3.05) is 38.9 Å². The van der Waals surface area contributed by atoms with E-state index >= 15 is 0 Å². The van der Waals surface area contributed by atoms with Crippen LogP contribution in [0.25, 0.3) is 0 Å². The van der Waals surface area contributed by atoms with Gasteiger partial charge in [-0.15, -0.1) is 0 Å². The number of halogens is 1. The SMILES string of the molecule is COCCN(c1ccc(Cl)cc1C=O)C(C)COC. The van der Waals surface area contributed by atoms with Crippen molar-refractivity contribution in [3.63, 3.8) is 0 Å². The molecule has 5 heteroatoms. The van der Waals surface area contributed by atoms with Crippen molar-refractivity contribution in [2.45, 2.75) is 13.0 Å². The van der Waals surface area contributed by atoms with E-state index in [4.69, 9.17) is 21.1 Å². The third kappa shape index (κ3) is 4.49. The van der Waals surface area contributed by atoms with Gasteiger partial charge in [-0.3, -0.25) is 4.79 Å². The summed E-state index contributed by atoms with van der Waals surface area (Å²) < 4.78 is 10.3. The van der Waals surface area contributed by atoms with Crippen LogP contribution in [0.15, 0.2) is 18.2 Å². The Morgan fingerprint density at radius 2 is 2.11 bits per heavy atom. The molecule has 0 saturated carbocycles. The van der Waals surface area contributed by atoms with E-state index in [0.29, 0.717) is 30.3 Å². The minimum atomic E-state index is 0.139. The standard InChI is InChI=1S/C14H20ClNO3/c1-11(10-19-3)16(6-7-18-2)14-5-4-13(15)8-12(14)9-17/h4-5,8-9,11H,6-7,10H2,1-3H3. The molecule has 106 valence electrons. The number of hydrogen-bond acceptors (Lipinski definition) is 4.